The summed E-state index contributed by atoms with van der Waals surface area (Å²) in [6.07, 6.45) is 2.91. The van der Waals surface area contributed by atoms with E-state index in [0.29, 0.717) is 19.3 Å². The fraction of sp³-hybridized carbons (Fsp3) is 0.522. The third-order valence-electron chi connectivity index (χ3n) is 5.19. The number of hydrogen-bond acceptors (Lipinski definition) is 6. The van der Waals surface area contributed by atoms with E-state index in [4.69, 9.17) is 9.47 Å². The van der Waals surface area contributed by atoms with Crippen LogP contribution in [0.1, 0.15) is 63.7 Å². The molecular formula is C23H28F4N2O5. The third-order valence-corrected chi connectivity index (χ3v) is 5.19. The quantitative estimate of drug-likeness (QED) is 0.0787. The van der Waals surface area contributed by atoms with Crippen molar-refractivity contribution in [3.63, 3.8) is 0 Å². The summed E-state index contributed by atoms with van der Waals surface area (Å²) in [5.74, 6) is -10.4. The zero-order chi connectivity index (χ0) is 25.7. The maximum absolute atomic E-state index is 14.2. The highest BCUT2D eigenvalue weighted by atomic mass is 19.2. The Bertz CT molecular complexity index is 985. The van der Waals surface area contributed by atoms with E-state index in [-0.39, 0.29) is 19.2 Å². The number of carbonyl (C=O) groups is 3. The molecule has 0 aliphatic heterocycles. The second-order valence-corrected chi connectivity index (χ2v) is 8.91. The van der Waals surface area contributed by atoms with Crippen molar-refractivity contribution in [3.05, 3.63) is 46.7 Å². The lowest BCUT2D eigenvalue weighted by atomic mass is 9.74. The molecule has 11 heteroatoms. The Kier molecular flexibility index (Phi) is 8.68. The third kappa shape index (κ3) is 6.71. The lowest BCUT2D eigenvalue weighted by Gasteiger charge is -2.42. The number of nitrogens with one attached hydrogen (secondary N) is 2. The number of hydrogen-bond donors (Lipinski definition) is 2. The van der Waals surface area contributed by atoms with Crippen LogP contribution in [0.25, 0.3) is 0 Å². The Hall–Kier alpha value is -3.11. The maximum Gasteiger partial charge on any atom is 0.407 e. The largest absolute Gasteiger partial charge is 0.462 e. The van der Waals surface area contributed by atoms with E-state index in [1.807, 2.05) is 0 Å². The van der Waals surface area contributed by atoms with E-state index in [0.717, 1.165) is 12.6 Å². The lowest BCUT2D eigenvalue weighted by molar-refractivity contribution is -0.138. The molecule has 0 bridgehead atoms. The van der Waals surface area contributed by atoms with Gasteiger partial charge in [0.1, 0.15) is 11.2 Å². The zero-order valence-electron chi connectivity index (χ0n) is 19.5. The summed E-state index contributed by atoms with van der Waals surface area (Å²) in [6, 6.07) is 0.188. The molecule has 0 unspecified atom stereocenters. The van der Waals surface area contributed by atoms with Gasteiger partial charge >= 0.3 is 12.1 Å². The molecule has 1 aromatic carbocycles. The monoisotopic (exact) mass is 488 g/mol. The van der Waals surface area contributed by atoms with Gasteiger partial charge in [0.05, 0.1) is 12.2 Å². The Morgan fingerprint density at radius 2 is 1.74 bits per heavy atom. The van der Waals surface area contributed by atoms with Crippen molar-refractivity contribution in [2.24, 2.45) is 0 Å². The van der Waals surface area contributed by atoms with Crippen molar-refractivity contribution in [2.75, 3.05) is 13.2 Å². The molecule has 1 amide bonds. The summed E-state index contributed by atoms with van der Waals surface area (Å²) < 4.78 is 64.7. The van der Waals surface area contributed by atoms with Gasteiger partial charge in [-0.1, -0.05) is 0 Å². The average Bonchev–Trinajstić information content (AvgIpc) is 2.71. The maximum atomic E-state index is 14.2. The van der Waals surface area contributed by atoms with E-state index in [9.17, 15) is 31.9 Å². The van der Waals surface area contributed by atoms with Crippen LogP contribution in [0.2, 0.25) is 0 Å². The van der Waals surface area contributed by atoms with E-state index in [1.54, 1.807) is 20.8 Å². The van der Waals surface area contributed by atoms with Gasteiger partial charge in [-0.05, 0) is 59.4 Å². The van der Waals surface area contributed by atoms with Crippen molar-refractivity contribution in [1.82, 2.24) is 10.6 Å². The molecular weight excluding hydrogens is 460 g/mol. The molecule has 0 saturated heterocycles. The van der Waals surface area contributed by atoms with Crippen molar-refractivity contribution in [3.8, 4) is 0 Å². The molecule has 0 aromatic heterocycles. The molecule has 34 heavy (non-hydrogen) atoms. The molecule has 2 rings (SSSR count). The Labute approximate surface area is 194 Å². The highest BCUT2D eigenvalue weighted by Gasteiger charge is 2.37. The summed E-state index contributed by atoms with van der Waals surface area (Å²) in [5.41, 5.74) is -3.11. The van der Waals surface area contributed by atoms with Crippen LogP contribution in [0.4, 0.5) is 22.4 Å². The molecule has 2 N–H and O–H groups in total. The number of Topliss-reactive ketones (excluding diaryl/α,β-unsaturated/α-hetero) is 1. The standard InChI is InChI=1S/C23H28F4N2O5/c1-5-33-20(31)14(19(30)13-11-15(24)17(26)18(27)16(13)25)12-29-23(7-6-8-23)9-10-28-21(32)34-22(2,3)4/h11-12,29H,5-10H2,1-4H3,(H,28,32)/b14-12+. The van der Waals surface area contributed by atoms with Crippen LogP contribution in [-0.4, -0.2) is 42.1 Å². The smallest absolute Gasteiger partial charge is 0.407 e. The molecule has 1 fully saturated rings. The van der Waals surface area contributed by atoms with Crippen LogP contribution < -0.4 is 10.6 Å². The molecule has 1 aromatic rings. The fourth-order valence-corrected chi connectivity index (χ4v) is 3.32. The predicted octanol–water partition coefficient (Wildman–Crippen LogP) is 4.30. The Morgan fingerprint density at radius 3 is 2.26 bits per heavy atom. The number of amides is 1. The van der Waals surface area contributed by atoms with Crippen LogP contribution in [0.3, 0.4) is 0 Å². The van der Waals surface area contributed by atoms with Gasteiger partial charge in [0.25, 0.3) is 0 Å². The number of benzene rings is 1. The molecule has 0 radical (unpaired) electrons. The van der Waals surface area contributed by atoms with E-state index >= 15 is 0 Å². The fourth-order valence-electron chi connectivity index (χ4n) is 3.32. The number of carbonyl (C=O) groups excluding carboxylic acids is 3. The minimum absolute atomic E-state index is 0.122. The van der Waals surface area contributed by atoms with Gasteiger partial charge in [-0.2, -0.15) is 0 Å². The van der Waals surface area contributed by atoms with Gasteiger partial charge in [0, 0.05) is 18.3 Å². The van der Waals surface area contributed by atoms with Crippen LogP contribution in [0.15, 0.2) is 17.8 Å². The number of alkyl carbamates (subject to hydrolysis) is 1. The number of esters is 1. The number of ether oxygens (including phenoxy) is 2. The second-order valence-electron chi connectivity index (χ2n) is 8.91. The molecule has 188 valence electrons. The van der Waals surface area contributed by atoms with Crippen LogP contribution in [0.5, 0.6) is 0 Å². The topological polar surface area (TPSA) is 93.7 Å². The first-order valence-corrected chi connectivity index (χ1v) is 10.8. The van der Waals surface area contributed by atoms with Gasteiger partial charge in [-0.15, -0.1) is 0 Å². The van der Waals surface area contributed by atoms with Crippen molar-refractivity contribution < 1.29 is 41.4 Å². The van der Waals surface area contributed by atoms with Gasteiger partial charge in [0.15, 0.2) is 23.3 Å². The van der Waals surface area contributed by atoms with E-state index in [1.165, 1.54) is 6.92 Å². The van der Waals surface area contributed by atoms with Crippen LogP contribution in [-0.2, 0) is 14.3 Å². The van der Waals surface area contributed by atoms with Crippen molar-refractivity contribution >= 4 is 17.8 Å². The molecule has 1 aliphatic carbocycles. The van der Waals surface area contributed by atoms with Crippen LogP contribution in [0, 0.1) is 23.3 Å². The van der Waals surface area contributed by atoms with Gasteiger partial charge in [-0.3, -0.25) is 4.79 Å². The highest BCUT2D eigenvalue weighted by Crippen LogP contribution is 2.35. The minimum atomic E-state index is -2.16. The van der Waals surface area contributed by atoms with E-state index in [2.05, 4.69) is 10.6 Å². The zero-order valence-corrected chi connectivity index (χ0v) is 19.5. The minimum Gasteiger partial charge on any atom is -0.462 e. The first kappa shape index (κ1) is 27.1. The normalized spacial score (nSPS) is 15.2. The lowest BCUT2D eigenvalue weighted by Crippen LogP contribution is -2.51. The number of rotatable bonds is 9. The molecule has 7 nitrogen and oxygen atoms in total. The molecule has 1 saturated carbocycles. The Morgan fingerprint density at radius 1 is 1.09 bits per heavy atom. The SMILES string of the molecule is CCOC(=O)/C(=C/NC1(CCNC(=O)OC(C)(C)C)CCC1)C(=O)c1cc(F)c(F)c(F)c1F. The van der Waals surface area contributed by atoms with Gasteiger partial charge in [0.2, 0.25) is 5.78 Å². The van der Waals surface area contributed by atoms with Crippen molar-refractivity contribution in [1.29, 1.82) is 0 Å². The number of halogens is 4. The summed E-state index contributed by atoms with van der Waals surface area (Å²) in [6.45, 7) is 6.75. The van der Waals surface area contributed by atoms with Gasteiger partial charge in [-0.25, -0.2) is 27.2 Å². The highest BCUT2D eigenvalue weighted by molar-refractivity contribution is 6.24. The van der Waals surface area contributed by atoms with Gasteiger partial charge < -0.3 is 20.1 Å². The molecule has 0 atom stereocenters. The van der Waals surface area contributed by atoms with Crippen LogP contribution >= 0.6 is 0 Å². The molecule has 1 aliphatic rings. The summed E-state index contributed by atoms with van der Waals surface area (Å²) in [5, 5.41) is 5.56. The average molecular weight is 488 g/mol. The summed E-state index contributed by atoms with van der Waals surface area (Å²) >= 11 is 0. The summed E-state index contributed by atoms with van der Waals surface area (Å²) in [7, 11) is 0. The van der Waals surface area contributed by atoms with Crippen molar-refractivity contribution in [2.45, 2.75) is 64.5 Å². The molecule has 0 heterocycles. The number of ketones is 1. The predicted molar refractivity (Wildman–Crippen MR) is 114 cm³/mol. The molecule has 0 spiro atoms. The van der Waals surface area contributed by atoms with E-state index < -0.39 is 63.4 Å². The Balaban J connectivity index is 2.22. The first-order chi connectivity index (χ1) is 15.8. The summed E-state index contributed by atoms with van der Waals surface area (Å²) in [4.78, 5) is 37.0. The first-order valence-electron chi connectivity index (χ1n) is 10.8. The second kappa shape index (κ2) is 10.9.